The third-order valence-electron chi connectivity index (χ3n) is 3.50. The maximum atomic E-state index is 12.4. The molecule has 22 heavy (non-hydrogen) atoms. The van der Waals surface area contributed by atoms with Crippen molar-refractivity contribution in [3.8, 4) is 0 Å². The van der Waals surface area contributed by atoms with Crippen molar-refractivity contribution in [2.75, 3.05) is 0 Å². The van der Waals surface area contributed by atoms with E-state index in [4.69, 9.17) is 11.6 Å². The Morgan fingerprint density at radius 2 is 2.09 bits per heavy atom. The van der Waals surface area contributed by atoms with Crippen LogP contribution in [0.4, 0.5) is 0 Å². The lowest BCUT2D eigenvalue weighted by molar-refractivity contribution is 0.538. The van der Waals surface area contributed by atoms with Gasteiger partial charge in [-0.25, -0.2) is 9.78 Å². The average Bonchev–Trinajstić information content (AvgIpc) is 2.89. The molecule has 1 aromatic carbocycles. The third-order valence-corrected chi connectivity index (χ3v) is 3.74. The van der Waals surface area contributed by atoms with E-state index in [2.05, 4.69) is 9.97 Å². The van der Waals surface area contributed by atoms with Gasteiger partial charge in [-0.1, -0.05) is 11.6 Å². The number of hydrogen-bond acceptors (Lipinski definition) is 3. The topological polar surface area (TPSA) is 72.7 Å². The van der Waals surface area contributed by atoms with E-state index in [9.17, 15) is 9.59 Å². The largest absolute Gasteiger partial charge is 0.337 e. The second-order valence-electron chi connectivity index (χ2n) is 5.18. The Hall–Kier alpha value is -2.34. The highest BCUT2D eigenvalue weighted by atomic mass is 35.5. The van der Waals surface area contributed by atoms with Crippen LogP contribution in [0, 0.1) is 6.92 Å². The first-order valence-corrected chi connectivity index (χ1v) is 7.33. The molecule has 0 bridgehead atoms. The molecule has 2 heterocycles. The molecule has 0 saturated heterocycles. The Morgan fingerprint density at radius 1 is 1.27 bits per heavy atom. The normalized spacial score (nSPS) is 11.2. The summed E-state index contributed by atoms with van der Waals surface area (Å²) in [6, 6.07) is 4.86. The van der Waals surface area contributed by atoms with Crippen LogP contribution in [0.2, 0.25) is 5.02 Å². The molecular weight excluding hydrogens is 304 g/mol. The minimum Gasteiger partial charge on any atom is -0.337 e. The van der Waals surface area contributed by atoms with Crippen molar-refractivity contribution in [2.24, 2.45) is 0 Å². The van der Waals surface area contributed by atoms with Gasteiger partial charge in [0.1, 0.15) is 0 Å². The predicted molar refractivity (Wildman–Crippen MR) is 85.4 cm³/mol. The molecule has 0 aliphatic heterocycles. The highest BCUT2D eigenvalue weighted by Gasteiger charge is 2.08. The maximum absolute atomic E-state index is 12.4. The SMILES string of the molecule is Cc1cn(CCCn2c(=O)[nH]c3ccc(Cl)cc3c2=O)cn1. The molecule has 1 N–H and O–H groups in total. The molecule has 2 aromatic heterocycles. The number of halogens is 1. The van der Waals surface area contributed by atoms with Gasteiger partial charge in [0.15, 0.2) is 0 Å². The highest BCUT2D eigenvalue weighted by molar-refractivity contribution is 6.31. The number of benzene rings is 1. The van der Waals surface area contributed by atoms with Gasteiger partial charge in [-0.05, 0) is 31.5 Å². The van der Waals surface area contributed by atoms with Gasteiger partial charge in [0.2, 0.25) is 0 Å². The van der Waals surface area contributed by atoms with Crippen molar-refractivity contribution >= 4 is 22.5 Å². The fraction of sp³-hybridized carbons (Fsp3) is 0.267. The van der Waals surface area contributed by atoms with Gasteiger partial charge in [-0.2, -0.15) is 0 Å². The number of nitrogens with zero attached hydrogens (tertiary/aromatic N) is 3. The molecule has 0 spiro atoms. The number of nitrogens with one attached hydrogen (secondary N) is 1. The van der Waals surface area contributed by atoms with Crippen LogP contribution in [0.5, 0.6) is 0 Å². The Bertz CT molecular complexity index is 939. The van der Waals surface area contributed by atoms with E-state index in [0.29, 0.717) is 35.4 Å². The van der Waals surface area contributed by atoms with Crippen molar-refractivity contribution in [1.82, 2.24) is 19.1 Å². The maximum Gasteiger partial charge on any atom is 0.328 e. The van der Waals surface area contributed by atoms with Gasteiger partial charge in [0.25, 0.3) is 5.56 Å². The molecule has 7 heteroatoms. The minimum atomic E-state index is -0.401. The fourth-order valence-electron chi connectivity index (χ4n) is 2.43. The summed E-state index contributed by atoms with van der Waals surface area (Å²) in [5.74, 6) is 0. The van der Waals surface area contributed by atoms with Crippen molar-refractivity contribution in [1.29, 1.82) is 0 Å². The summed E-state index contributed by atoms with van der Waals surface area (Å²) in [5, 5.41) is 0.891. The molecule has 6 nitrogen and oxygen atoms in total. The molecule has 0 aliphatic rings. The predicted octanol–water partition coefficient (Wildman–Crippen LogP) is 1.94. The number of fused-ring (bicyclic) bond motifs is 1. The number of hydrogen-bond donors (Lipinski definition) is 1. The smallest absolute Gasteiger partial charge is 0.328 e. The van der Waals surface area contributed by atoms with Gasteiger partial charge >= 0.3 is 5.69 Å². The molecule has 0 radical (unpaired) electrons. The van der Waals surface area contributed by atoms with Gasteiger partial charge < -0.3 is 9.55 Å². The minimum absolute atomic E-state index is 0.317. The second-order valence-corrected chi connectivity index (χ2v) is 5.62. The lowest BCUT2D eigenvalue weighted by Gasteiger charge is -2.07. The van der Waals surface area contributed by atoms with Crippen molar-refractivity contribution < 1.29 is 0 Å². The zero-order chi connectivity index (χ0) is 15.7. The fourth-order valence-corrected chi connectivity index (χ4v) is 2.60. The van der Waals surface area contributed by atoms with E-state index in [1.165, 1.54) is 4.57 Å². The highest BCUT2D eigenvalue weighted by Crippen LogP contribution is 2.13. The quantitative estimate of drug-likeness (QED) is 0.799. The molecule has 3 aromatic rings. The lowest BCUT2D eigenvalue weighted by Crippen LogP contribution is -2.35. The summed E-state index contributed by atoms with van der Waals surface area (Å²) in [6.07, 6.45) is 4.32. The van der Waals surface area contributed by atoms with Crippen LogP contribution in [-0.2, 0) is 13.1 Å². The van der Waals surface area contributed by atoms with Crippen LogP contribution in [0.3, 0.4) is 0 Å². The van der Waals surface area contributed by atoms with E-state index < -0.39 is 5.69 Å². The molecule has 0 unspecified atom stereocenters. The van der Waals surface area contributed by atoms with E-state index in [-0.39, 0.29) is 5.56 Å². The monoisotopic (exact) mass is 318 g/mol. The summed E-state index contributed by atoms with van der Waals surface area (Å²) < 4.78 is 3.15. The first-order chi connectivity index (χ1) is 10.5. The Balaban J connectivity index is 1.87. The second kappa shape index (κ2) is 5.81. The Morgan fingerprint density at radius 3 is 2.82 bits per heavy atom. The zero-order valence-corrected chi connectivity index (χ0v) is 12.8. The number of rotatable bonds is 4. The summed E-state index contributed by atoms with van der Waals surface area (Å²) in [6.45, 7) is 2.95. The van der Waals surface area contributed by atoms with E-state index in [1.807, 2.05) is 17.7 Å². The van der Waals surface area contributed by atoms with Crippen molar-refractivity contribution in [3.05, 3.63) is 62.3 Å². The molecule has 114 valence electrons. The van der Waals surface area contributed by atoms with Crippen LogP contribution in [0.15, 0.2) is 40.3 Å². The first-order valence-electron chi connectivity index (χ1n) is 6.95. The Labute approximate surface area is 131 Å². The van der Waals surface area contributed by atoms with E-state index in [1.54, 1.807) is 24.5 Å². The van der Waals surface area contributed by atoms with E-state index in [0.717, 1.165) is 5.69 Å². The van der Waals surface area contributed by atoms with Gasteiger partial charge in [0, 0.05) is 24.3 Å². The van der Waals surface area contributed by atoms with Crippen LogP contribution >= 0.6 is 11.6 Å². The first kappa shape index (κ1) is 14.6. The van der Waals surface area contributed by atoms with Crippen LogP contribution < -0.4 is 11.2 Å². The summed E-state index contributed by atoms with van der Waals surface area (Å²) in [5.41, 5.74) is 0.723. The third kappa shape index (κ3) is 2.82. The van der Waals surface area contributed by atoms with Crippen LogP contribution in [0.25, 0.3) is 10.9 Å². The van der Waals surface area contributed by atoms with Gasteiger partial charge in [-0.3, -0.25) is 9.36 Å². The summed E-state index contributed by atoms with van der Waals surface area (Å²) in [4.78, 5) is 31.3. The standard InChI is InChI=1S/C15H15ClN4O2/c1-10-8-19(9-17-10)5-2-6-20-14(21)12-7-11(16)3-4-13(12)18-15(20)22/h3-4,7-9H,2,5-6H2,1H3,(H,18,22). The number of aryl methyl sites for hydroxylation is 2. The molecule has 0 atom stereocenters. The Kier molecular flexibility index (Phi) is 3.85. The molecule has 0 saturated carbocycles. The molecule has 0 amide bonds. The molecule has 0 aliphatic carbocycles. The number of imidazole rings is 1. The molecule has 0 fully saturated rings. The number of aromatic nitrogens is 4. The number of H-pyrrole nitrogens is 1. The lowest BCUT2D eigenvalue weighted by atomic mass is 10.2. The van der Waals surface area contributed by atoms with Crippen molar-refractivity contribution in [3.63, 3.8) is 0 Å². The zero-order valence-electron chi connectivity index (χ0n) is 12.0. The van der Waals surface area contributed by atoms with Gasteiger partial charge in [-0.15, -0.1) is 0 Å². The van der Waals surface area contributed by atoms with Crippen LogP contribution in [0.1, 0.15) is 12.1 Å². The van der Waals surface area contributed by atoms with E-state index >= 15 is 0 Å². The summed E-state index contributed by atoms with van der Waals surface area (Å²) in [7, 11) is 0. The average molecular weight is 319 g/mol. The summed E-state index contributed by atoms with van der Waals surface area (Å²) >= 11 is 5.92. The molecular formula is C15H15ClN4O2. The number of aromatic amines is 1. The van der Waals surface area contributed by atoms with Crippen LogP contribution in [-0.4, -0.2) is 19.1 Å². The van der Waals surface area contributed by atoms with Crippen molar-refractivity contribution in [2.45, 2.75) is 26.4 Å². The van der Waals surface area contributed by atoms with Gasteiger partial charge in [0.05, 0.1) is 22.9 Å². The molecule has 3 rings (SSSR count).